The van der Waals surface area contributed by atoms with Gasteiger partial charge < -0.3 is 5.11 Å². The molecule has 2 atom stereocenters. The van der Waals surface area contributed by atoms with Crippen molar-refractivity contribution in [2.24, 2.45) is 17.8 Å². The van der Waals surface area contributed by atoms with Crippen molar-refractivity contribution >= 4 is 0 Å². The van der Waals surface area contributed by atoms with Gasteiger partial charge in [-0.05, 0) is 17.8 Å². The van der Waals surface area contributed by atoms with E-state index in [1.54, 1.807) is 0 Å². The SMILES string of the molecule is CC(C)[C@H](C)[C@@H](O)C(C)C. The molecule has 1 nitrogen and oxygen atoms in total. The van der Waals surface area contributed by atoms with Gasteiger partial charge in [-0.25, -0.2) is 0 Å². The van der Waals surface area contributed by atoms with Crippen molar-refractivity contribution in [3.63, 3.8) is 0 Å². The van der Waals surface area contributed by atoms with Crippen LogP contribution in [0.5, 0.6) is 0 Å². The van der Waals surface area contributed by atoms with Crippen LogP contribution in [0.15, 0.2) is 0 Å². The van der Waals surface area contributed by atoms with E-state index in [4.69, 9.17) is 0 Å². The predicted octanol–water partition coefficient (Wildman–Crippen LogP) is 2.30. The zero-order valence-corrected chi connectivity index (χ0v) is 7.76. The van der Waals surface area contributed by atoms with Crippen molar-refractivity contribution in [2.75, 3.05) is 0 Å². The molecule has 0 fully saturated rings. The van der Waals surface area contributed by atoms with Gasteiger partial charge in [-0.1, -0.05) is 34.6 Å². The average molecular weight is 144 g/mol. The van der Waals surface area contributed by atoms with Crippen LogP contribution in [0.2, 0.25) is 0 Å². The predicted molar refractivity (Wildman–Crippen MR) is 44.8 cm³/mol. The zero-order chi connectivity index (χ0) is 8.31. The van der Waals surface area contributed by atoms with E-state index in [9.17, 15) is 5.11 Å². The highest BCUT2D eigenvalue weighted by Gasteiger charge is 2.19. The van der Waals surface area contributed by atoms with E-state index in [1.165, 1.54) is 0 Å². The molecule has 0 saturated carbocycles. The van der Waals surface area contributed by atoms with Crippen LogP contribution < -0.4 is 0 Å². The van der Waals surface area contributed by atoms with Gasteiger partial charge in [-0.2, -0.15) is 0 Å². The Hall–Kier alpha value is -0.0400. The van der Waals surface area contributed by atoms with Crippen molar-refractivity contribution in [2.45, 2.75) is 40.7 Å². The summed E-state index contributed by atoms with van der Waals surface area (Å²) in [6.45, 7) is 10.5. The molecule has 10 heavy (non-hydrogen) atoms. The second-order valence-corrected chi connectivity index (χ2v) is 3.84. The minimum atomic E-state index is -0.139. The maximum atomic E-state index is 9.57. The maximum absolute atomic E-state index is 9.57. The van der Waals surface area contributed by atoms with Gasteiger partial charge in [0.25, 0.3) is 0 Å². The van der Waals surface area contributed by atoms with Crippen molar-refractivity contribution in [1.82, 2.24) is 0 Å². The fraction of sp³-hybridized carbons (Fsp3) is 1.00. The molecule has 0 aromatic rings. The van der Waals surface area contributed by atoms with E-state index < -0.39 is 0 Å². The first-order valence-electron chi connectivity index (χ1n) is 4.14. The van der Waals surface area contributed by atoms with Gasteiger partial charge in [0.15, 0.2) is 0 Å². The molecule has 0 aliphatic heterocycles. The molecule has 62 valence electrons. The van der Waals surface area contributed by atoms with Gasteiger partial charge in [0.05, 0.1) is 6.10 Å². The number of hydrogen-bond donors (Lipinski definition) is 1. The quantitative estimate of drug-likeness (QED) is 0.644. The van der Waals surface area contributed by atoms with E-state index in [2.05, 4.69) is 34.6 Å². The molecule has 1 N–H and O–H groups in total. The van der Waals surface area contributed by atoms with Gasteiger partial charge in [-0.3, -0.25) is 0 Å². The summed E-state index contributed by atoms with van der Waals surface area (Å²) in [5.74, 6) is 1.38. The van der Waals surface area contributed by atoms with Crippen molar-refractivity contribution in [1.29, 1.82) is 0 Å². The van der Waals surface area contributed by atoms with Gasteiger partial charge in [0, 0.05) is 0 Å². The molecule has 0 radical (unpaired) electrons. The molecular formula is C9H20O. The van der Waals surface area contributed by atoms with Gasteiger partial charge in [0.1, 0.15) is 0 Å². The second-order valence-electron chi connectivity index (χ2n) is 3.84. The average Bonchev–Trinajstić information content (AvgIpc) is 1.84. The number of hydrogen-bond acceptors (Lipinski definition) is 1. The summed E-state index contributed by atoms with van der Waals surface area (Å²) < 4.78 is 0. The monoisotopic (exact) mass is 144 g/mol. The zero-order valence-electron chi connectivity index (χ0n) is 7.76. The third-order valence-corrected chi connectivity index (χ3v) is 2.27. The maximum Gasteiger partial charge on any atom is 0.0591 e. The van der Waals surface area contributed by atoms with E-state index in [1.807, 2.05) is 0 Å². The molecular weight excluding hydrogens is 124 g/mol. The normalized spacial score (nSPS) is 18.0. The van der Waals surface area contributed by atoms with Crippen LogP contribution in [0.1, 0.15) is 34.6 Å². The van der Waals surface area contributed by atoms with Crippen LogP contribution in [0.3, 0.4) is 0 Å². The first kappa shape index (κ1) is 9.96. The smallest absolute Gasteiger partial charge is 0.0591 e. The Morgan fingerprint density at radius 2 is 1.20 bits per heavy atom. The van der Waals surface area contributed by atoms with Crippen LogP contribution in [0.25, 0.3) is 0 Å². The fourth-order valence-corrected chi connectivity index (χ4v) is 1.00. The first-order valence-corrected chi connectivity index (χ1v) is 4.14. The highest BCUT2D eigenvalue weighted by atomic mass is 16.3. The molecule has 1 heteroatoms. The van der Waals surface area contributed by atoms with Crippen LogP contribution in [-0.2, 0) is 0 Å². The van der Waals surface area contributed by atoms with Crippen LogP contribution in [-0.4, -0.2) is 11.2 Å². The van der Waals surface area contributed by atoms with Crippen LogP contribution >= 0.6 is 0 Å². The highest BCUT2D eigenvalue weighted by Crippen LogP contribution is 2.19. The molecule has 0 unspecified atom stereocenters. The molecule has 0 heterocycles. The fourth-order valence-electron chi connectivity index (χ4n) is 1.00. The minimum absolute atomic E-state index is 0.139. The van der Waals surface area contributed by atoms with E-state index in [-0.39, 0.29) is 6.10 Å². The molecule has 0 saturated heterocycles. The molecule has 0 spiro atoms. The molecule has 0 aliphatic carbocycles. The Balaban J connectivity index is 3.81. The summed E-state index contributed by atoms with van der Waals surface area (Å²) >= 11 is 0. The van der Waals surface area contributed by atoms with Crippen molar-refractivity contribution < 1.29 is 5.11 Å². The Morgan fingerprint density at radius 3 is 1.30 bits per heavy atom. The van der Waals surface area contributed by atoms with Crippen molar-refractivity contribution in [3.05, 3.63) is 0 Å². The number of aliphatic hydroxyl groups is 1. The lowest BCUT2D eigenvalue weighted by Gasteiger charge is -2.25. The van der Waals surface area contributed by atoms with Crippen LogP contribution in [0.4, 0.5) is 0 Å². The van der Waals surface area contributed by atoms with Gasteiger partial charge in [-0.15, -0.1) is 0 Å². The lowest BCUT2D eigenvalue weighted by Crippen LogP contribution is -2.27. The topological polar surface area (TPSA) is 20.2 Å². The number of aliphatic hydroxyl groups excluding tert-OH is 1. The summed E-state index contributed by atoms with van der Waals surface area (Å²) in [6.07, 6.45) is -0.139. The second kappa shape index (κ2) is 3.97. The summed E-state index contributed by atoms with van der Waals surface area (Å²) in [4.78, 5) is 0. The Kier molecular flexibility index (Phi) is 3.95. The van der Waals surface area contributed by atoms with Crippen LogP contribution in [0, 0.1) is 17.8 Å². The molecule has 0 aromatic carbocycles. The molecule has 0 amide bonds. The third kappa shape index (κ3) is 2.70. The van der Waals surface area contributed by atoms with Gasteiger partial charge >= 0.3 is 0 Å². The largest absolute Gasteiger partial charge is 0.393 e. The summed E-state index contributed by atoms with van der Waals surface area (Å²) in [5, 5.41) is 9.57. The lowest BCUT2D eigenvalue weighted by atomic mass is 9.86. The summed E-state index contributed by atoms with van der Waals surface area (Å²) in [5.41, 5.74) is 0. The molecule has 0 aromatic heterocycles. The Labute approximate surface area is 64.5 Å². The standard InChI is InChI=1S/C9H20O/c1-6(2)8(5)9(10)7(3)4/h6-10H,1-5H3/t8-,9-/m0/s1. The highest BCUT2D eigenvalue weighted by molar-refractivity contribution is 4.69. The van der Waals surface area contributed by atoms with E-state index in [0.29, 0.717) is 17.8 Å². The Morgan fingerprint density at radius 1 is 0.800 bits per heavy atom. The third-order valence-electron chi connectivity index (χ3n) is 2.27. The molecule has 0 bridgehead atoms. The van der Waals surface area contributed by atoms with E-state index in [0.717, 1.165) is 0 Å². The molecule has 0 aliphatic rings. The van der Waals surface area contributed by atoms with E-state index >= 15 is 0 Å². The summed E-state index contributed by atoms with van der Waals surface area (Å²) in [6, 6.07) is 0. The number of rotatable bonds is 3. The lowest BCUT2D eigenvalue weighted by molar-refractivity contribution is 0.0517. The minimum Gasteiger partial charge on any atom is -0.393 e. The van der Waals surface area contributed by atoms with Gasteiger partial charge in [0.2, 0.25) is 0 Å². The summed E-state index contributed by atoms with van der Waals surface area (Å²) in [7, 11) is 0. The first-order chi connectivity index (χ1) is 4.46. The van der Waals surface area contributed by atoms with Crippen molar-refractivity contribution in [3.8, 4) is 0 Å². The molecule has 0 rings (SSSR count). The Bertz CT molecular complexity index is 74.7.